The van der Waals surface area contributed by atoms with Gasteiger partial charge in [-0.3, -0.25) is 14.5 Å². The fourth-order valence-corrected chi connectivity index (χ4v) is 2.90. The van der Waals surface area contributed by atoms with Crippen LogP contribution in [-0.4, -0.2) is 35.8 Å². The largest absolute Gasteiger partial charge is 0.354 e. The van der Waals surface area contributed by atoms with Gasteiger partial charge in [0.05, 0.1) is 0 Å². The molecule has 1 heterocycles. The average molecular weight is 366 g/mol. The Morgan fingerprint density at radius 2 is 1.92 bits per heavy atom. The Balaban J connectivity index is 2.15. The van der Waals surface area contributed by atoms with Gasteiger partial charge in [0.25, 0.3) is 5.91 Å². The van der Waals surface area contributed by atoms with Gasteiger partial charge in [0.1, 0.15) is 12.1 Å². The minimum absolute atomic E-state index is 0.281. The molecule has 2 rings (SSSR count). The summed E-state index contributed by atoms with van der Waals surface area (Å²) in [5.41, 5.74) is -0.501. The first-order valence-corrected chi connectivity index (χ1v) is 8.88. The molecule has 1 aromatic rings. The van der Waals surface area contributed by atoms with Crippen molar-refractivity contribution >= 4 is 29.4 Å². The predicted molar refractivity (Wildman–Crippen MR) is 96.1 cm³/mol. The first-order chi connectivity index (χ1) is 11.8. The molecule has 0 bridgehead atoms. The van der Waals surface area contributed by atoms with Crippen LogP contribution in [0, 0.1) is 5.92 Å². The van der Waals surface area contributed by atoms with Crippen LogP contribution < -0.4 is 10.6 Å². The lowest BCUT2D eigenvalue weighted by Crippen LogP contribution is -2.45. The molecule has 1 aliphatic heterocycles. The molecule has 2 N–H and O–H groups in total. The van der Waals surface area contributed by atoms with E-state index in [4.69, 9.17) is 11.6 Å². The number of urea groups is 1. The summed E-state index contributed by atoms with van der Waals surface area (Å²) < 4.78 is 0. The summed E-state index contributed by atoms with van der Waals surface area (Å²) in [5.74, 6) is -0.413. The lowest BCUT2D eigenvalue weighted by Gasteiger charge is -2.25. The monoisotopic (exact) mass is 365 g/mol. The average Bonchev–Trinajstić information content (AvgIpc) is 2.85. The van der Waals surface area contributed by atoms with Gasteiger partial charge in [0.2, 0.25) is 5.91 Å². The van der Waals surface area contributed by atoms with Crippen molar-refractivity contribution in [2.45, 2.75) is 39.2 Å². The summed E-state index contributed by atoms with van der Waals surface area (Å²) in [4.78, 5) is 38.3. The Bertz CT molecular complexity index is 662. The Hall–Kier alpha value is -2.08. The minimum Gasteiger partial charge on any atom is -0.354 e. The molecule has 0 unspecified atom stereocenters. The second-order valence-electron chi connectivity index (χ2n) is 6.40. The highest BCUT2D eigenvalue weighted by Gasteiger charge is 2.51. The normalized spacial score (nSPS) is 21.2. The summed E-state index contributed by atoms with van der Waals surface area (Å²) in [7, 11) is 0. The summed E-state index contributed by atoms with van der Waals surface area (Å²) in [6.07, 6.45) is 1.32. The number of carbonyl (C=O) groups is 3. The van der Waals surface area contributed by atoms with E-state index in [1.807, 2.05) is 20.8 Å². The Labute approximate surface area is 152 Å². The van der Waals surface area contributed by atoms with Crippen LogP contribution in [0.2, 0.25) is 5.02 Å². The minimum atomic E-state index is -1.15. The molecule has 7 heteroatoms. The lowest BCUT2D eigenvalue weighted by atomic mass is 9.87. The molecule has 0 spiro atoms. The third-order valence-electron chi connectivity index (χ3n) is 4.69. The molecule has 0 aromatic heterocycles. The maximum Gasteiger partial charge on any atom is 0.325 e. The SMILES string of the molecule is CC[C@@H](C)CNC(=O)CN1C(=O)N[C@@](CC)(c2ccc(Cl)cc2)C1=O. The quantitative estimate of drug-likeness (QED) is 0.729. The topological polar surface area (TPSA) is 78.5 Å². The van der Waals surface area contributed by atoms with E-state index < -0.39 is 17.5 Å². The van der Waals surface area contributed by atoms with Gasteiger partial charge in [0.15, 0.2) is 0 Å². The van der Waals surface area contributed by atoms with Gasteiger partial charge < -0.3 is 10.6 Å². The molecule has 0 radical (unpaired) electrons. The second kappa shape index (κ2) is 7.87. The zero-order valence-corrected chi connectivity index (χ0v) is 15.5. The number of nitrogens with zero attached hydrogens (tertiary/aromatic N) is 1. The molecule has 4 amide bonds. The van der Waals surface area contributed by atoms with Crippen molar-refractivity contribution in [3.05, 3.63) is 34.9 Å². The zero-order chi connectivity index (χ0) is 18.6. The molecule has 1 aliphatic rings. The zero-order valence-electron chi connectivity index (χ0n) is 14.8. The van der Waals surface area contributed by atoms with Gasteiger partial charge >= 0.3 is 6.03 Å². The first-order valence-electron chi connectivity index (χ1n) is 8.50. The van der Waals surface area contributed by atoms with E-state index in [1.165, 1.54) is 0 Å². The maximum absolute atomic E-state index is 12.9. The summed E-state index contributed by atoms with van der Waals surface area (Å²) >= 11 is 5.91. The molecule has 6 nitrogen and oxygen atoms in total. The molecule has 1 aromatic carbocycles. The maximum atomic E-state index is 12.9. The number of amides is 4. The van der Waals surface area contributed by atoms with Gasteiger partial charge in [-0.15, -0.1) is 0 Å². The molecular formula is C18H24ClN3O3. The van der Waals surface area contributed by atoms with Crippen LogP contribution in [0.4, 0.5) is 4.79 Å². The first kappa shape index (κ1) is 19.2. The van der Waals surface area contributed by atoms with Crippen molar-refractivity contribution in [1.82, 2.24) is 15.5 Å². The van der Waals surface area contributed by atoms with Crippen LogP contribution in [-0.2, 0) is 15.1 Å². The Morgan fingerprint density at radius 1 is 1.28 bits per heavy atom. The van der Waals surface area contributed by atoms with Crippen LogP contribution in [0.1, 0.15) is 39.2 Å². The summed E-state index contributed by atoms with van der Waals surface area (Å²) in [6, 6.07) is 6.23. The van der Waals surface area contributed by atoms with Crippen molar-refractivity contribution in [1.29, 1.82) is 0 Å². The number of imide groups is 1. The number of halogens is 1. The van der Waals surface area contributed by atoms with Crippen LogP contribution in [0.25, 0.3) is 0 Å². The van der Waals surface area contributed by atoms with Crippen molar-refractivity contribution in [3.63, 3.8) is 0 Å². The molecule has 25 heavy (non-hydrogen) atoms. The lowest BCUT2D eigenvalue weighted by molar-refractivity contribution is -0.135. The fourth-order valence-electron chi connectivity index (χ4n) is 2.78. The molecule has 0 aliphatic carbocycles. The molecule has 2 atom stereocenters. The van der Waals surface area contributed by atoms with E-state index >= 15 is 0 Å². The van der Waals surface area contributed by atoms with Gasteiger partial charge in [-0.05, 0) is 30.0 Å². The van der Waals surface area contributed by atoms with Crippen LogP contribution in [0.15, 0.2) is 24.3 Å². The number of nitrogens with one attached hydrogen (secondary N) is 2. The highest BCUT2D eigenvalue weighted by Crippen LogP contribution is 2.32. The number of carbonyl (C=O) groups excluding carboxylic acids is 3. The summed E-state index contributed by atoms with van der Waals surface area (Å²) in [5, 5.41) is 6.06. The van der Waals surface area contributed by atoms with Crippen molar-refractivity contribution in [2.24, 2.45) is 5.92 Å². The third-order valence-corrected chi connectivity index (χ3v) is 4.94. The van der Waals surface area contributed by atoms with E-state index in [-0.39, 0.29) is 12.5 Å². The molecule has 1 fully saturated rings. The van der Waals surface area contributed by atoms with Crippen LogP contribution >= 0.6 is 11.6 Å². The van der Waals surface area contributed by atoms with Crippen LogP contribution in [0.3, 0.4) is 0 Å². The number of hydrogen-bond acceptors (Lipinski definition) is 3. The van der Waals surface area contributed by atoms with E-state index in [9.17, 15) is 14.4 Å². The van der Waals surface area contributed by atoms with E-state index in [2.05, 4.69) is 10.6 Å². The van der Waals surface area contributed by atoms with Crippen LogP contribution in [0.5, 0.6) is 0 Å². The van der Waals surface area contributed by atoms with Gasteiger partial charge in [0, 0.05) is 11.6 Å². The third kappa shape index (κ3) is 3.95. The standard InChI is InChI=1S/C18H24ClN3O3/c1-4-12(3)10-20-15(23)11-22-16(24)18(5-2,21-17(22)25)13-6-8-14(19)9-7-13/h6-9,12H,4-5,10-11H2,1-3H3,(H,20,23)(H,21,25)/t12-,18+/m1/s1. The van der Waals surface area contributed by atoms with Gasteiger partial charge in [-0.1, -0.05) is 50.9 Å². The van der Waals surface area contributed by atoms with Gasteiger partial charge in [-0.2, -0.15) is 0 Å². The molecule has 0 saturated carbocycles. The highest BCUT2D eigenvalue weighted by molar-refractivity contribution is 6.30. The van der Waals surface area contributed by atoms with E-state index in [1.54, 1.807) is 24.3 Å². The molecular weight excluding hydrogens is 342 g/mol. The fraction of sp³-hybridized carbons (Fsp3) is 0.500. The highest BCUT2D eigenvalue weighted by atomic mass is 35.5. The predicted octanol–water partition coefficient (Wildman–Crippen LogP) is 2.66. The Morgan fingerprint density at radius 3 is 2.48 bits per heavy atom. The number of benzene rings is 1. The van der Waals surface area contributed by atoms with E-state index in [0.29, 0.717) is 29.5 Å². The molecule has 1 saturated heterocycles. The van der Waals surface area contributed by atoms with Crippen molar-refractivity contribution < 1.29 is 14.4 Å². The van der Waals surface area contributed by atoms with Crippen molar-refractivity contribution in [3.8, 4) is 0 Å². The Kier molecular flexibility index (Phi) is 6.06. The summed E-state index contributed by atoms with van der Waals surface area (Å²) in [6.45, 7) is 6.12. The second-order valence-corrected chi connectivity index (χ2v) is 6.84. The number of rotatable bonds is 7. The van der Waals surface area contributed by atoms with E-state index in [0.717, 1.165) is 11.3 Å². The van der Waals surface area contributed by atoms with Gasteiger partial charge in [-0.25, -0.2) is 4.79 Å². The smallest absolute Gasteiger partial charge is 0.325 e. The number of hydrogen-bond donors (Lipinski definition) is 2. The molecule has 136 valence electrons. The van der Waals surface area contributed by atoms with Crippen molar-refractivity contribution in [2.75, 3.05) is 13.1 Å².